The summed E-state index contributed by atoms with van der Waals surface area (Å²) >= 11 is 0. The lowest BCUT2D eigenvalue weighted by atomic mass is 9.83. The topological polar surface area (TPSA) is 26.3 Å². The zero-order chi connectivity index (χ0) is 14.5. The van der Waals surface area contributed by atoms with E-state index in [9.17, 15) is 4.79 Å². The molecule has 0 amide bonds. The molecule has 0 aliphatic carbocycles. The molecule has 0 saturated heterocycles. The quantitative estimate of drug-likeness (QED) is 0.765. The molecular formula is C17H26O2. The van der Waals surface area contributed by atoms with Gasteiger partial charge < -0.3 is 4.74 Å². The van der Waals surface area contributed by atoms with Crippen LogP contribution in [-0.2, 0) is 11.2 Å². The average Bonchev–Trinajstić information content (AvgIpc) is 2.26. The summed E-state index contributed by atoms with van der Waals surface area (Å²) in [7, 11) is 1.65. The third kappa shape index (κ3) is 6.42. The van der Waals surface area contributed by atoms with Gasteiger partial charge in [0.05, 0.1) is 7.11 Å². The molecule has 1 aromatic carbocycles. The number of ether oxygens (including phenoxy) is 1. The van der Waals surface area contributed by atoms with E-state index in [1.165, 1.54) is 0 Å². The van der Waals surface area contributed by atoms with E-state index in [1.807, 2.05) is 24.3 Å². The predicted molar refractivity (Wildman–Crippen MR) is 79.6 cm³/mol. The molecule has 19 heavy (non-hydrogen) atoms. The molecule has 1 atom stereocenters. The lowest BCUT2D eigenvalue weighted by Gasteiger charge is -2.22. The first kappa shape index (κ1) is 15.7. The second-order valence-electron chi connectivity index (χ2n) is 6.64. The molecule has 0 fully saturated rings. The summed E-state index contributed by atoms with van der Waals surface area (Å²) < 4.78 is 5.17. The van der Waals surface area contributed by atoms with Crippen LogP contribution in [0.1, 0.15) is 46.1 Å². The summed E-state index contributed by atoms with van der Waals surface area (Å²) in [4.78, 5) is 12.1. The summed E-state index contributed by atoms with van der Waals surface area (Å²) in [6.45, 7) is 8.82. The summed E-state index contributed by atoms with van der Waals surface area (Å²) in [5.41, 5.74) is 1.32. The normalized spacial score (nSPS) is 13.1. The van der Waals surface area contributed by atoms with Crippen molar-refractivity contribution in [3.63, 3.8) is 0 Å². The highest BCUT2D eigenvalue weighted by Crippen LogP contribution is 2.26. The van der Waals surface area contributed by atoms with E-state index in [4.69, 9.17) is 4.74 Å². The fourth-order valence-electron chi connectivity index (χ4n) is 2.59. The summed E-state index contributed by atoms with van der Waals surface area (Å²) in [5.74, 6) is 1.57. The number of methoxy groups -OCH3 is 1. The van der Waals surface area contributed by atoms with Crippen LogP contribution >= 0.6 is 0 Å². The molecule has 2 nitrogen and oxygen atoms in total. The molecule has 0 spiro atoms. The Morgan fingerprint density at radius 3 is 2.58 bits per heavy atom. The minimum Gasteiger partial charge on any atom is -0.497 e. The van der Waals surface area contributed by atoms with Crippen molar-refractivity contribution in [1.82, 2.24) is 0 Å². The first-order chi connectivity index (χ1) is 8.80. The van der Waals surface area contributed by atoms with Gasteiger partial charge in [0.1, 0.15) is 11.5 Å². The van der Waals surface area contributed by atoms with E-state index < -0.39 is 0 Å². The Morgan fingerprint density at radius 1 is 1.32 bits per heavy atom. The molecule has 0 aromatic heterocycles. The number of carbonyl (C=O) groups excluding carboxylic acids is 1. The van der Waals surface area contributed by atoms with E-state index in [0.717, 1.165) is 17.7 Å². The van der Waals surface area contributed by atoms with Crippen molar-refractivity contribution in [3.05, 3.63) is 29.8 Å². The predicted octanol–water partition coefficient (Wildman–Crippen LogP) is 4.27. The smallest absolute Gasteiger partial charge is 0.137 e. The van der Waals surface area contributed by atoms with E-state index in [1.54, 1.807) is 7.11 Å². The molecule has 0 N–H and O–H groups in total. The highest BCUT2D eigenvalue weighted by atomic mass is 16.5. The van der Waals surface area contributed by atoms with Gasteiger partial charge >= 0.3 is 0 Å². The van der Waals surface area contributed by atoms with Crippen LogP contribution in [0.5, 0.6) is 5.75 Å². The molecule has 1 unspecified atom stereocenters. The van der Waals surface area contributed by atoms with Crippen molar-refractivity contribution in [2.75, 3.05) is 7.11 Å². The number of rotatable bonds is 6. The molecule has 0 saturated carbocycles. The van der Waals surface area contributed by atoms with Gasteiger partial charge in [-0.15, -0.1) is 0 Å². The van der Waals surface area contributed by atoms with E-state index in [-0.39, 0.29) is 5.41 Å². The fraction of sp³-hybridized carbons (Fsp3) is 0.588. The molecular weight excluding hydrogens is 236 g/mol. The largest absolute Gasteiger partial charge is 0.497 e. The van der Waals surface area contributed by atoms with Crippen molar-refractivity contribution >= 4 is 5.78 Å². The molecule has 0 radical (unpaired) electrons. The van der Waals surface area contributed by atoms with Crippen LogP contribution in [0.15, 0.2) is 24.3 Å². The lowest BCUT2D eigenvalue weighted by molar-refractivity contribution is -0.119. The summed E-state index contributed by atoms with van der Waals surface area (Å²) in [6.07, 6.45) is 2.25. The maximum Gasteiger partial charge on any atom is 0.137 e. The molecule has 2 heteroatoms. The molecule has 0 bridgehead atoms. The second kappa shape index (κ2) is 6.74. The Bertz CT molecular complexity index is 416. The zero-order valence-corrected chi connectivity index (χ0v) is 12.8. The van der Waals surface area contributed by atoms with Crippen LogP contribution in [0.4, 0.5) is 0 Å². The van der Waals surface area contributed by atoms with E-state index >= 15 is 0 Å². The van der Waals surface area contributed by atoms with Gasteiger partial charge in [-0.1, -0.05) is 39.8 Å². The number of carbonyl (C=O) groups is 1. The van der Waals surface area contributed by atoms with Crippen LogP contribution in [0.3, 0.4) is 0 Å². The third-order valence-electron chi connectivity index (χ3n) is 3.07. The Labute approximate surface area is 117 Å². The van der Waals surface area contributed by atoms with Gasteiger partial charge in [-0.05, 0) is 35.4 Å². The van der Waals surface area contributed by atoms with Crippen molar-refractivity contribution in [1.29, 1.82) is 0 Å². The Hall–Kier alpha value is -1.31. The van der Waals surface area contributed by atoms with Gasteiger partial charge in [-0.25, -0.2) is 0 Å². The maximum atomic E-state index is 12.1. The monoisotopic (exact) mass is 262 g/mol. The van der Waals surface area contributed by atoms with Crippen molar-refractivity contribution < 1.29 is 9.53 Å². The Morgan fingerprint density at radius 2 is 2.00 bits per heavy atom. The number of hydrogen-bond donors (Lipinski definition) is 0. The molecule has 1 rings (SSSR count). The van der Waals surface area contributed by atoms with Gasteiger partial charge in [0.25, 0.3) is 0 Å². The van der Waals surface area contributed by atoms with Crippen LogP contribution in [-0.4, -0.2) is 12.9 Å². The van der Waals surface area contributed by atoms with Gasteiger partial charge in [0.2, 0.25) is 0 Å². The van der Waals surface area contributed by atoms with Crippen molar-refractivity contribution in [2.24, 2.45) is 11.3 Å². The molecule has 0 aliphatic heterocycles. The van der Waals surface area contributed by atoms with Gasteiger partial charge in [0.15, 0.2) is 0 Å². The number of benzene rings is 1. The van der Waals surface area contributed by atoms with Crippen LogP contribution in [0.25, 0.3) is 0 Å². The van der Waals surface area contributed by atoms with Crippen LogP contribution in [0.2, 0.25) is 0 Å². The van der Waals surface area contributed by atoms with Gasteiger partial charge in [-0.2, -0.15) is 0 Å². The average molecular weight is 262 g/mol. The fourth-order valence-corrected chi connectivity index (χ4v) is 2.59. The molecule has 106 valence electrons. The first-order valence-electron chi connectivity index (χ1n) is 6.95. The van der Waals surface area contributed by atoms with Gasteiger partial charge in [-0.3, -0.25) is 4.79 Å². The first-order valence-corrected chi connectivity index (χ1v) is 6.95. The second-order valence-corrected chi connectivity index (χ2v) is 6.64. The molecule has 0 heterocycles. The highest BCUT2D eigenvalue weighted by Gasteiger charge is 2.17. The standard InChI is InChI=1S/C17H26O2/c1-13(12-17(2,3)4)9-15(18)10-14-7-6-8-16(11-14)19-5/h6-8,11,13H,9-10,12H2,1-5H3. The zero-order valence-electron chi connectivity index (χ0n) is 12.8. The van der Waals surface area contributed by atoms with Gasteiger partial charge in [0, 0.05) is 12.8 Å². The number of Topliss-reactive ketones (excluding diaryl/α,β-unsaturated/α-hetero) is 1. The minimum atomic E-state index is 0.287. The Balaban J connectivity index is 2.50. The van der Waals surface area contributed by atoms with Crippen molar-refractivity contribution in [3.8, 4) is 5.75 Å². The maximum absolute atomic E-state index is 12.1. The summed E-state index contributed by atoms with van der Waals surface area (Å²) in [5, 5.41) is 0. The molecule has 0 aliphatic rings. The van der Waals surface area contributed by atoms with E-state index in [2.05, 4.69) is 27.7 Å². The van der Waals surface area contributed by atoms with Crippen LogP contribution in [0, 0.1) is 11.3 Å². The Kier molecular flexibility index (Phi) is 5.59. The minimum absolute atomic E-state index is 0.287. The van der Waals surface area contributed by atoms with E-state index in [0.29, 0.717) is 24.5 Å². The third-order valence-corrected chi connectivity index (χ3v) is 3.07. The number of hydrogen-bond acceptors (Lipinski definition) is 2. The SMILES string of the molecule is COc1cccc(CC(=O)CC(C)CC(C)(C)C)c1. The highest BCUT2D eigenvalue weighted by molar-refractivity contribution is 5.81. The van der Waals surface area contributed by atoms with Crippen molar-refractivity contribution in [2.45, 2.75) is 47.0 Å². The lowest BCUT2D eigenvalue weighted by Crippen LogP contribution is -2.15. The van der Waals surface area contributed by atoms with Crippen LogP contribution < -0.4 is 4.74 Å². The number of ketones is 1. The molecule has 1 aromatic rings. The summed E-state index contributed by atoms with van der Waals surface area (Å²) in [6, 6.07) is 7.75.